The lowest BCUT2D eigenvalue weighted by Gasteiger charge is -2.28. The molecule has 3 amide bonds. The normalized spacial score (nSPS) is 20.1. The lowest BCUT2D eigenvalue weighted by atomic mass is 9.96. The summed E-state index contributed by atoms with van der Waals surface area (Å²) in [5.74, 6) is -0.0976. The summed E-state index contributed by atoms with van der Waals surface area (Å²) in [6.07, 6.45) is 1.64. The Labute approximate surface area is 191 Å². The number of carbonyl (C=O) groups is 3. The van der Waals surface area contributed by atoms with Crippen LogP contribution in [0.2, 0.25) is 0 Å². The highest BCUT2D eigenvalue weighted by atomic mass is 16.5. The second-order valence-electron chi connectivity index (χ2n) is 8.41. The van der Waals surface area contributed by atoms with Gasteiger partial charge in [-0.2, -0.15) is 0 Å². The number of benzene rings is 3. The van der Waals surface area contributed by atoms with Gasteiger partial charge in [0, 0.05) is 11.9 Å². The van der Waals surface area contributed by atoms with Crippen molar-refractivity contribution in [1.29, 1.82) is 0 Å². The lowest BCUT2D eigenvalue weighted by Crippen LogP contribution is -2.45. The van der Waals surface area contributed by atoms with Crippen LogP contribution in [0, 0.1) is 0 Å². The van der Waals surface area contributed by atoms with E-state index >= 15 is 0 Å². The molecule has 2 N–H and O–H groups in total. The maximum Gasteiger partial charge on any atom is 0.254 e. The van der Waals surface area contributed by atoms with E-state index in [1.165, 1.54) is 0 Å². The lowest BCUT2D eigenvalue weighted by molar-refractivity contribution is -0.134. The number of para-hydroxylation sites is 1. The molecule has 7 heteroatoms. The third-order valence-electron chi connectivity index (χ3n) is 6.50. The summed E-state index contributed by atoms with van der Waals surface area (Å²) in [5, 5.41) is 7.55. The number of amides is 3. The third kappa shape index (κ3) is 3.80. The molecule has 2 atom stereocenters. The number of anilines is 1. The minimum absolute atomic E-state index is 0.0872. The van der Waals surface area contributed by atoms with Crippen LogP contribution in [0.3, 0.4) is 0 Å². The first-order valence-electron chi connectivity index (χ1n) is 11.1. The van der Waals surface area contributed by atoms with Gasteiger partial charge < -0.3 is 20.3 Å². The Morgan fingerprint density at radius 2 is 1.79 bits per heavy atom. The molecule has 3 aromatic rings. The summed E-state index contributed by atoms with van der Waals surface area (Å²) < 4.78 is 5.52. The van der Waals surface area contributed by atoms with Crippen molar-refractivity contribution in [2.45, 2.75) is 31.3 Å². The van der Waals surface area contributed by atoms with Crippen LogP contribution in [0.15, 0.2) is 60.7 Å². The molecule has 2 aliphatic rings. The van der Waals surface area contributed by atoms with Crippen molar-refractivity contribution in [2.75, 3.05) is 19.0 Å². The summed E-state index contributed by atoms with van der Waals surface area (Å²) in [4.78, 5) is 40.6. The van der Waals surface area contributed by atoms with Gasteiger partial charge in [-0.1, -0.05) is 42.5 Å². The maximum atomic E-state index is 13.4. The Kier molecular flexibility index (Phi) is 5.46. The van der Waals surface area contributed by atoms with Crippen LogP contribution in [0.1, 0.15) is 41.2 Å². The van der Waals surface area contributed by atoms with Gasteiger partial charge in [0.05, 0.1) is 30.8 Å². The van der Waals surface area contributed by atoms with Crippen LogP contribution in [0.4, 0.5) is 5.69 Å². The van der Waals surface area contributed by atoms with Crippen molar-refractivity contribution < 1.29 is 19.1 Å². The van der Waals surface area contributed by atoms with Crippen molar-refractivity contribution in [2.24, 2.45) is 0 Å². The summed E-state index contributed by atoms with van der Waals surface area (Å²) in [6.45, 7) is 0.617. The van der Waals surface area contributed by atoms with Crippen LogP contribution in [0.5, 0.6) is 5.75 Å². The fourth-order valence-electron chi connectivity index (χ4n) is 4.90. The van der Waals surface area contributed by atoms with E-state index in [-0.39, 0.29) is 30.2 Å². The average molecular weight is 444 g/mol. The number of nitrogens with one attached hydrogen (secondary N) is 2. The smallest absolute Gasteiger partial charge is 0.254 e. The molecule has 33 heavy (non-hydrogen) atoms. The number of fused-ring (bicyclic) bond motifs is 2. The molecule has 1 saturated heterocycles. The highest BCUT2D eigenvalue weighted by molar-refractivity contribution is 6.10. The van der Waals surface area contributed by atoms with Crippen molar-refractivity contribution in [3.63, 3.8) is 0 Å². The van der Waals surface area contributed by atoms with Crippen LogP contribution in [-0.4, -0.2) is 42.3 Å². The highest BCUT2D eigenvalue weighted by Crippen LogP contribution is 2.39. The van der Waals surface area contributed by atoms with Gasteiger partial charge in [-0.15, -0.1) is 0 Å². The average Bonchev–Trinajstić information content (AvgIpc) is 3.28. The minimum Gasteiger partial charge on any atom is -0.496 e. The fraction of sp³-hybridized carbons (Fsp3) is 0.269. The van der Waals surface area contributed by atoms with Gasteiger partial charge in [-0.25, -0.2) is 0 Å². The molecule has 0 aromatic heterocycles. The Balaban J connectivity index is 1.39. The van der Waals surface area contributed by atoms with Gasteiger partial charge >= 0.3 is 0 Å². The van der Waals surface area contributed by atoms with Crippen molar-refractivity contribution in [3.05, 3.63) is 71.8 Å². The Morgan fingerprint density at radius 1 is 1.03 bits per heavy atom. The van der Waals surface area contributed by atoms with Crippen LogP contribution < -0.4 is 15.4 Å². The number of hydrogen-bond donors (Lipinski definition) is 2. The number of hydrogen-bond acceptors (Lipinski definition) is 4. The molecule has 7 nitrogen and oxygen atoms in total. The molecule has 0 saturated carbocycles. The van der Waals surface area contributed by atoms with E-state index < -0.39 is 6.04 Å². The van der Waals surface area contributed by atoms with Gasteiger partial charge in [0.25, 0.3) is 5.91 Å². The standard InChI is InChI=1S/C26H25N3O4/c1-33-23-13-12-17(16-7-2-3-8-18(16)23)22-11-6-14-29(22)24(30)15-21-26(32)27-20-10-5-4-9-19(20)25(31)28-21/h2-5,7-10,12-13,21-22H,6,11,14-15H2,1H3,(H,27,32)(H,28,31)/t21-,22+/m0/s1. The van der Waals surface area contributed by atoms with E-state index in [0.717, 1.165) is 34.9 Å². The second kappa shape index (κ2) is 8.58. The third-order valence-corrected chi connectivity index (χ3v) is 6.50. The Hall–Kier alpha value is -3.87. The van der Waals surface area contributed by atoms with Crippen molar-refractivity contribution >= 4 is 34.2 Å². The van der Waals surface area contributed by atoms with Gasteiger partial charge in [0.15, 0.2) is 0 Å². The van der Waals surface area contributed by atoms with Gasteiger partial charge in [0.1, 0.15) is 11.8 Å². The Morgan fingerprint density at radius 3 is 2.61 bits per heavy atom. The first-order valence-corrected chi connectivity index (χ1v) is 11.1. The molecule has 0 unspecified atom stereocenters. The molecule has 0 aliphatic carbocycles. The quantitative estimate of drug-likeness (QED) is 0.644. The zero-order valence-electron chi connectivity index (χ0n) is 18.3. The fourth-order valence-corrected chi connectivity index (χ4v) is 4.90. The molecule has 2 heterocycles. The van der Waals surface area contributed by atoms with Crippen molar-refractivity contribution in [3.8, 4) is 5.75 Å². The van der Waals surface area contributed by atoms with E-state index in [0.29, 0.717) is 17.8 Å². The molecule has 168 valence electrons. The largest absolute Gasteiger partial charge is 0.496 e. The topological polar surface area (TPSA) is 87.7 Å². The number of likely N-dealkylation sites (tertiary alicyclic amines) is 1. The van der Waals surface area contributed by atoms with Gasteiger partial charge in [-0.3, -0.25) is 14.4 Å². The molecule has 3 aromatic carbocycles. The van der Waals surface area contributed by atoms with Crippen molar-refractivity contribution in [1.82, 2.24) is 10.2 Å². The minimum atomic E-state index is -0.925. The zero-order valence-corrected chi connectivity index (χ0v) is 18.3. The van der Waals surface area contributed by atoms with Gasteiger partial charge in [-0.05, 0) is 42.0 Å². The molecule has 2 aliphatic heterocycles. The first-order chi connectivity index (χ1) is 16.1. The summed E-state index contributed by atoms with van der Waals surface area (Å²) in [6, 6.07) is 17.8. The summed E-state index contributed by atoms with van der Waals surface area (Å²) in [5.41, 5.74) is 1.92. The Bertz CT molecular complexity index is 1260. The van der Waals surface area contributed by atoms with E-state index in [2.05, 4.69) is 10.6 Å². The highest BCUT2D eigenvalue weighted by Gasteiger charge is 2.35. The van der Waals surface area contributed by atoms with Crippen LogP contribution in [-0.2, 0) is 9.59 Å². The predicted octanol–water partition coefficient (Wildman–Crippen LogP) is 3.65. The zero-order chi connectivity index (χ0) is 22.9. The van der Waals surface area contributed by atoms with Gasteiger partial charge in [0.2, 0.25) is 11.8 Å². The van der Waals surface area contributed by atoms with Crippen LogP contribution in [0.25, 0.3) is 10.8 Å². The molecule has 1 fully saturated rings. The second-order valence-corrected chi connectivity index (χ2v) is 8.41. The first kappa shape index (κ1) is 21.0. The molecule has 5 rings (SSSR count). The van der Waals surface area contributed by atoms with E-state index in [4.69, 9.17) is 4.74 Å². The monoisotopic (exact) mass is 443 g/mol. The molecule has 0 bridgehead atoms. The van der Waals surface area contributed by atoms with E-state index in [1.54, 1.807) is 31.4 Å². The summed E-state index contributed by atoms with van der Waals surface area (Å²) >= 11 is 0. The number of nitrogens with zero attached hydrogens (tertiary/aromatic N) is 1. The molecule has 0 spiro atoms. The molecule has 0 radical (unpaired) electrons. The van der Waals surface area contributed by atoms with E-state index in [9.17, 15) is 14.4 Å². The number of ether oxygens (including phenoxy) is 1. The number of rotatable bonds is 4. The maximum absolute atomic E-state index is 13.4. The molecular formula is C26H25N3O4. The van der Waals surface area contributed by atoms with E-state index in [1.807, 2.05) is 41.3 Å². The number of methoxy groups -OCH3 is 1. The number of carbonyl (C=O) groups excluding carboxylic acids is 3. The SMILES string of the molecule is COc1ccc([C@H]2CCCN2C(=O)C[C@@H]2NC(=O)c3ccccc3NC2=O)c2ccccc12. The summed E-state index contributed by atoms with van der Waals surface area (Å²) in [7, 11) is 1.65. The predicted molar refractivity (Wildman–Crippen MR) is 125 cm³/mol. The van der Waals surface area contributed by atoms with Crippen LogP contribution >= 0.6 is 0 Å². The molecular weight excluding hydrogens is 418 g/mol.